The van der Waals surface area contributed by atoms with Crippen LogP contribution in [0, 0.1) is 11.8 Å². The highest BCUT2D eigenvalue weighted by Crippen LogP contribution is 2.07. The summed E-state index contributed by atoms with van der Waals surface area (Å²) in [5.74, 6) is -0.133. The molecule has 0 heterocycles. The first kappa shape index (κ1) is 21.6. The van der Waals surface area contributed by atoms with Gasteiger partial charge in [-0.05, 0) is 31.1 Å². The van der Waals surface area contributed by atoms with Crippen molar-refractivity contribution in [1.29, 1.82) is 0 Å². The molecule has 0 aliphatic rings. The molecule has 2 unspecified atom stereocenters. The Morgan fingerprint density at radius 3 is 2.13 bits per heavy atom. The maximum atomic E-state index is 12.2. The van der Waals surface area contributed by atoms with Crippen LogP contribution in [0.4, 0.5) is 0 Å². The number of ketones is 1. The number of carbonyl (C=O) groups excluding carboxylic acids is 3. The van der Waals surface area contributed by atoms with E-state index >= 15 is 0 Å². The Morgan fingerprint density at radius 2 is 1.65 bits per heavy atom. The molecule has 0 fully saturated rings. The van der Waals surface area contributed by atoms with Crippen LogP contribution in [-0.4, -0.2) is 36.2 Å². The molecule has 6 nitrogen and oxygen atoms in total. The van der Waals surface area contributed by atoms with Crippen molar-refractivity contribution in [3.05, 3.63) is 0 Å². The maximum Gasteiger partial charge on any atom is 0.242 e. The third kappa shape index (κ3) is 10.0. The van der Waals surface area contributed by atoms with E-state index in [1.54, 1.807) is 6.92 Å². The van der Waals surface area contributed by atoms with E-state index in [0.29, 0.717) is 25.2 Å². The van der Waals surface area contributed by atoms with Crippen molar-refractivity contribution in [3.63, 3.8) is 0 Å². The maximum absolute atomic E-state index is 12.2. The summed E-state index contributed by atoms with van der Waals surface area (Å²) in [5, 5.41) is 5.31. The summed E-state index contributed by atoms with van der Waals surface area (Å²) >= 11 is 0. The lowest BCUT2D eigenvalue weighted by atomic mass is 10.0. The Morgan fingerprint density at radius 1 is 1.04 bits per heavy atom. The molecule has 23 heavy (non-hydrogen) atoms. The van der Waals surface area contributed by atoms with Crippen molar-refractivity contribution in [3.8, 4) is 0 Å². The average molecular weight is 326 g/mol. The predicted molar refractivity (Wildman–Crippen MR) is 90.7 cm³/mol. The van der Waals surface area contributed by atoms with E-state index < -0.39 is 12.1 Å². The van der Waals surface area contributed by atoms with E-state index in [1.807, 2.05) is 27.7 Å². The summed E-state index contributed by atoms with van der Waals surface area (Å²) in [5.41, 5.74) is 7.53. The van der Waals surface area contributed by atoms with E-state index in [4.69, 9.17) is 5.73 Å². The number of hydrogen-bond donors (Lipinski definition) is 2. The van der Waals surface area contributed by atoms with Crippen LogP contribution in [-0.2, 0) is 14.4 Å². The molecule has 0 aliphatic heterocycles. The minimum atomic E-state index is -0.806. The van der Waals surface area contributed by atoms with E-state index in [2.05, 4.69) is 10.6 Å². The molecule has 3 N–H and O–H groups in total. The van der Waals surface area contributed by atoms with Crippen LogP contribution in [0.25, 0.3) is 0 Å². The summed E-state index contributed by atoms with van der Waals surface area (Å²) in [4.78, 5) is 35.8. The second-order valence-corrected chi connectivity index (χ2v) is 6.83. The van der Waals surface area contributed by atoms with Crippen LogP contribution in [0.5, 0.6) is 0 Å². The number of hydrogen-bond acceptors (Lipinski definition) is 3. The van der Waals surface area contributed by atoms with Crippen LogP contribution in [0.3, 0.4) is 0 Å². The van der Waals surface area contributed by atoms with Crippen molar-refractivity contribution >= 4 is 17.6 Å². The molecule has 133 valence electrons. The highest BCUT2D eigenvalue weighted by Gasteiger charge is 2.23. The molecule has 6 heteroatoms. The molecule has 0 aromatic rings. The number of rotatable bonds is 11. The Labute approximate surface area is 140 Å². The molecule has 0 aliphatic carbocycles. The van der Waals surface area contributed by atoms with Gasteiger partial charge in [0.1, 0.15) is 6.04 Å². The fraction of sp³-hybridized carbons (Fsp3) is 0.824. The number of Topliss-reactive ketones (excluding diaryl/α,β-unsaturated/α-hetero) is 1. The highest BCUT2D eigenvalue weighted by atomic mass is 16.2. The molecule has 2 atom stereocenters. The van der Waals surface area contributed by atoms with Gasteiger partial charge < -0.3 is 10.6 Å². The summed E-state index contributed by atoms with van der Waals surface area (Å²) in [6, 6.07) is -1.44. The molecule has 2 amide bonds. The zero-order valence-electron chi connectivity index (χ0n) is 15.1. The topological polar surface area (TPSA) is 99.1 Å². The first-order valence-electron chi connectivity index (χ1n) is 8.48. The molecular formula is C17H32N3O3. The second kappa shape index (κ2) is 11.2. The third-order valence-electron chi connectivity index (χ3n) is 3.54. The Hall–Kier alpha value is -1.43. The Balaban J connectivity index is 4.54. The first-order valence-corrected chi connectivity index (χ1v) is 8.48. The van der Waals surface area contributed by atoms with Crippen LogP contribution in [0.1, 0.15) is 60.3 Å². The smallest absolute Gasteiger partial charge is 0.242 e. The molecule has 0 aromatic carbocycles. The van der Waals surface area contributed by atoms with Gasteiger partial charge in [-0.1, -0.05) is 34.6 Å². The lowest BCUT2D eigenvalue weighted by Gasteiger charge is -2.20. The van der Waals surface area contributed by atoms with Gasteiger partial charge in [0.15, 0.2) is 5.78 Å². The fourth-order valence-electron chi connectivity index (χ4n) is 2.04. The van der Waals surface area contributed by atoms with Crippen molar-refractivity contribution in [2.45, 2.75) is 72.4 Å². The minimum absolute atomic E-state index is 0.141. The van der Waals surface area contributed by atoms with E-state index in [9.17, 15) is 14.4 Å². The SMILES string of the molecule is CCC([NH])C(=O)CNC(=O)C(CC(C)C)NC(=O)CCC(C)C. The van der Waals surface area contributed by atoms with Gasteiger partial charge in [0.25, 0.3) is 0 Å². The molecular weight excluding hydrogens is 294 g/mol. The largest absolute Gasteiger partial charge is 0.347 e. The molecule has 0 bridgehead atoms. The van der Waals surface area contributed by atoms with Gasteiger partial charge in [0, 0.05) is 6.42 Å². The van der Waals surface area contributed by atoms with Gasteiger partial charge in [-0.3, -0.25) is 14.4 Å². The van der Waals surface area contributed by atoms with Gasteiger partial charge in [-0.2, -0.15) is 0 Å². The monoisotopic (exact) mass is 326 g/mol. The molecule has 0 rings (SSSR count). The van der Waals surface area contributed by atoms with Crippen LogP contribution in [0.15, 0.2) is 0 Å². The van der Waals surface area contributed by atoms with Crippen LogP contribution < -0.4 is 16.4 Å². The standard InChI is InChI=1S/C17H32N3O3/c1-6-13(18)15(21)10-19-17(23)14(9-12(4)5)20-16(22)8-7-11(2)3/h11-14,18H,6-10H2,1-5H3,(H,19,23)(H,20,22). The van der Waals surface area contributed by atoms with Crippen LogP contribution >= 0.6 is 0 Å². The van der Waals surface area contributed by atoms with Gasteiger partial charge in [0.05, 0.1) is 12.6 Å². The normalized spacial score (nSPS) is 13.7. The fourth-order valence-corrected chi connectivity index (χ4v) is 2.04. The second-order valence-electron chi connectivity index (χ2n) is 6.83. The average Bonchev–Trinajstić information content (AvgIpc) is 2.48. The minimum Gasteiger partial charge on any atom is -0.347 e. The summed E-state index contributed by atoms with van der Waals surface area (Å²) in [6.45, 7) is 9.64. The first-order chi connectivity index (χ1) is 10.7. The summed E-state index contributed by atoms with van der Waals surface area (Å²) in [6.07, 6.45) is 2.11. The van der Waals surface area contributed by atoms with Crippen molar-refractivity contribution in [2.75, 3.05) is 6.54 Å². The van der Waals surface area contributed by atoms with Crippen molar-refractivity contribution in [1.82, 2.24) is 16.4 Å². The molecule has 1 radical (unpaired) electrons. The quantitative estimate of drug-likeness (QED) is 0.604. The zero-order chi connectivity index (χ0) is 18.0. The van der Waals surface area contributed by atoms with Crippen molar-refractivity contribution in [2.24, 2.45) is 11.8 Å². The Kier molecular flexibility index (Phi) is 10.5. The van der Waals surface area contributed by atoms with Gasteiger partial charge in [-0.25, -0.2) is 5.73 Å². The lowest BCUT2D eigenvalue weighted by molar-refractivity contribution is -0.130. The van der Waals surface area contributed by atoms with Crippen LogP contribution in [0.2, 0.25) is 0 Å². The van der Waals surface area contributed by atoms with E-state index in [0.717, 1.165) is 6.42 Å². The van der Waals surface area contributed by atoms with Gasteiger partial charge in [0.2, 0.25) is 11.8 Å². The lowest BCUT2D eigenvalue weighted by Crippen LogP contribution is -2.49. The van der Waals surface area contributed by atoms with Gasteiger partial charge >= 0.3 is 0 Å². The summed E-state index contributed by atoms with van der Waals surface area (Å²) < 4.78 is 0. The number of nitrogens with one attached hydrogen (secondary N) is 3. The van der Waals surface area contributed by atoms with Crippen molar-refractivity contribution < 1.29 is 14.4 Å². The van der Waals surface area contributed by atoms with E-state index in [1.165, 1.54) is 0 Å². The van der Waals surface area contributed by atoms with E-state index in [-0.39, 0.29) is 30.1 Å². The molecule has 0 saturated heterocycles. The molecule has 0 aromatic heterocycles. The number of amides is 2. The third-order valence-corrected chi connectivity index (χ3v) is 3.54. The molecule has 0 saturated carbocycles. The Bertz CT molecular complexity index is 395. The zero-order valence-corrected chi connectivity index (χ0v) is 15.1. The molecule has 0 spiro atoms. The predicted octanol–water partition coefficient (Wildman–Crippen LogP) is 1.70. The van der Waals surface area contributed by atoms with Gasteiger partial charge in [-0.15, -0.1) is 0 Å². The highest BCUT2D eigenvalue weighted by molar-refractivity contribution is 5.92. The number of carbonyl (C=O) groups is 3. The summed E-state index contributed by atoms with van der Waals surface area (Å²) in [7, 11) is 0.